The van der Waals surface area contributed by atoms with Gasteiger partial charge in [-0.1, -0.05) is 31.5 Å². The number of benzene rings is 1. The third-order valence-corrected chi connectivity index (χ3v) is 5.02. The molecule has 4 rings (SSSR count). The van der Waals surface area contributed by atoms with Crippen LogP contribution in [0.4, 0.5) is 0 Å². The fourth-order valence-corrected chi connectivity index (χ4v) is 3.57. The van der Waals surface area contributed by atoms with Crippen molar-refractivity contribution in [2.45, 2.75) is 46.2 Å². The molecule has 1 aromatic carbocycles. The largest absolute Gasteiger partial charge is 0.332 e. The lowest BCUT2D eigenvalue weighted by Crippen LogP contribution is -2.26. The van der Waals surface area contributed by atoms with Gasteiger partial charge in [-0.2, -0.15) is 5.10 Å². The van der Waals surface area contributed by atoms with Crippen LogP contribution in [0.15, 0.2) is 48.8 Å². The molecule has 3 heterocycles. The number of fused-ring (bicyclic) bond motifs is 1. The second-order valence-electron chi connectivity index (χ2n) is 6.89. The topological polar surface area (TPSA) is 43.1 Å². The molecule has 0 aliphatic carbocycles. The minimum Gasteiger partial charge on any atom is -0.332 e. The molecule has 134 valence electrons. The zero-order valence-corrected chi connectivity index (χ0v) is 15.4. The number of carbonyl (C=O) groups is 1. The van der Waals surface area contributed by atoms with Crippen LogP contribution in [0.5, 0.6) is 0 Å². The second-order valence-corrected chi connectivity index (χ2v) is 6.89. The van der Waals surface area contributed by atoms with Gasteiger partial charge in [0.2, 0.25) is 5.91 Å². The van der Waals surface area contributed by atoms with Gasteiger partial charge in [0.25, 0.3) is 0 Å². The van der Waals surface area contributed by atoms with Crippen molar-refractivity contribution in [1.29, 1.82) is 0 Å². The first kappa shape index (κ1) is 16.6. The van der Waals surface area contributed by atoms with E-state index < -0.39 is 0 Å². The molecule has 2 aromatic heterocycles. The summed E-state index contributed by atoms with van der Waals surface area (Å²) >= 11 is 0. The van der Waals surface area contributed by atoms with Gasteiger partial charge in [0.1, 0.15) is 5.82 Å². The summed E-state index contributed by atoms with van der Waals surface area (Å²) in [6.45, 7) is 5.45. The van der Waals surface area contributed by atoms with Crippen LogP contribution in [0.1, 0.15) is 43.0 Å². The number of hydrogen-bond acceptors (Lipinski definition) is 2. The Kier molecular flexibility index (Phi) is 4.37. The molecular weight excluding hydrogens is 324 g/mol. The third kappa shape index (κ3) is 2.83. The average Bonchev–Trinajstić information content (AvgIpc) is 3.35. The van der Waals surface area contributed by atoms with Gasteiger partial charge in [-0.15, -0.1) is 0 Å². The summed E-state index contributed by atoms with van der Waals surface area (Å²) < 4.78 is 4.12. The maximum absolute atomic E-state index is 12.5. The Bertz CT molecular complexity index is 924. The molecule has 5 nitrogen and oxygen atoms in total. The van der Waals surface area contributed by atoms with Crippen molar-refractivity contribution in [3.63, 3.8) is 0 Å². The van der Waals surface area contributed by atoms with E-state index in [4.69, 9.17) is 5.10 Å². The lowest BCUT2D eigenvalue weighted by Gasteiger charge is -2.18. The van der Waals surface area contributed by atoms with E-state index in [-0.39, 0.29) is 5.91 Å². The van der Waals surface area contributed by atoms with Crippen LogP contribution in [-0.2, 0) is 17.9 Å². The van der Waals surface area contributed by atoms with Crippen molar-refractivity contribution < 1.29 is 4.79 Å². The number of unbranched alkanes of at least 4 members (excludes halogenated alkanes) is 1. The fourth-order valence-electron chi connectivity index (χ4n) is 3.57. The normalized spacial score (nSPS) is 13.2. The quantitative estimate of drug-likeness (QED) is 0.699. The zero-order valence-electron chi connectivity index (χ0n) is 15.4. The SMILES string of the molecule is CCCCC(=O)N1Cc2nn(-c3ccccc3C)c(-n3cccc3)c2C1. The van der Waals surface area contributed by atoms with Crippen molar-refractivity contribution in [1.82, 2.24) is 19.2 Å². The number of aryl methyl sites for hydroxylation is 1. The molecule has 0 bridgehead atoms. The molecule has 0 atom stereocenters. The van der Waals surface area contributed by atoms with Gasteiger partial charge in [0.15, 0.2) is 0 Å². The molecule has 0 unspecified atom stereocenters. The molecule has 0 N–H and O–H groups in total. The van der Waals surface area contributed by atoms with E-state index in [9.17, 15) is 4.79 Å². The van der Waals surface area contributed by atoms with Crippen LogP contribution in [0.2, 0.25) is 0 Å². The van der Waals surface area contributed by atoms with Gasteiger partial charge in [-0.25, -0.2) is 4.68 Å². The Labute approximate surface area is 153 Å². The molecule has 5 heteroatoms. The molecule has 1 amide bonds. The molecule has 0 fully saturated rings. The number of carbonyl (C=O) groups excluding carboxylic acids is 1. The molecule has 3 aromatic rings. The summed E-state index contributed by atoms with van der Waals surface area (Å²) in [5, 5.41) is 4.89. The first-order valence-electron chi connectivity index (χ1n) is 9.27. The summed E-state index contributed by atoms with van der Waals surface area (Å²) in [5.74, 6) is 1.26. The van der Waals surface area contributed by atoms with Crippen LogP contribution in [-0.4, -0.2) is 25.2 Å². The zero-order chi connectivity index (χ0) is 18.1. The predicted molar refractivity (Wildman–Crippen MR) is 101 cm³/mol. The summed E-state index contributed by atoms with van der Waals surface area (Å²) in [5.41, 5.74) is 4.41. The predicted octanol–water partition coefficient (Wildman–Crippen LogP) is 4.00. The monoisotopic (exact) mass is 348 g/mol. The number of hydrogen-bond donors (Lipinski definition) is 0. The number of nitrogens with zero attached hydrogens (tertiary/aromatic N) is 4. The molecule has 0 radical (unpaired) electrons. The summed E-state index contributed by atoms with van der Waals surface area (Å²) in [6, 6.07) is 12.3. The third-order valence-electron chi connectivity index (χ3n) is 5.02. The van der Waals surface area contributed by atoms with E-state index in [1.165, 1.54) is 5.56 Å². The van der Waals surface area contributed by atoms with E-state index >= 15 is 0 Å². The maximum Gasteiger partial charge on any atom is 0.223 e. The van der Waals surface area contributed by atoms with Crippen LogP contribution >= 0.6 is 0 Å². The smallest absolute Gasteiger partial charge is 0.223 e. The van der Waals surface area contributed by atoms with Crippen molar-refractivity contribution in [3.05, 3.63) is 65.6 Å². The first-order valence-corrected chi connectivity index (χ1v) is 9.27. The Morgan fingerprint density at radius 1 is 1.12 bits per heavy atom. The lowest BCUT2D eigenvalue weighted by molar-refractivity contribution is -0.131. The fraction of sp³-hybridized carbons (Fsp3) is 0.333. The van der Waals surface area contributed by atoms with E-state index in [0.717, 1.165) is 35.6 Å². The molecular formula is C21H24N4O. The number of aromatic nitrogens is 3. The van der Waals surface area contributed by atoms with Gasteiger partial charge < -0.3 is 9.47 Å². The Hall–Kier alpha value is -2.82. The van der Waals surface area contributed by atoms with E-state index in [2.05, 4.69) is 30.5 Å². The number of para-hydroxylation sites is 1. The van der Waals surface area contributed by atoms with E-state index in [1.807, 2.05) is 46.2 Å². The minimum absolute atomic E-state index is 0.228. The molecule has 26 heavy (non-hydrogen) atoms. The molecule has 1 aliphatic heterocycles. The highest BCUT2D eigenvalue weighted by molar-refractivity contribution is 5.77. The molecule has 0 saturated carbocycles. The molecule has 1 aliphatic rings. The van der Waals surface area contributed by atoms with Gasteiger partial charge in [-0.05, 0) is 37.1 Å². The second kappa shape index (κ2) is 6.83. The van der Waals surface area contributed by atoms with Crippen LogP contribution in [0.3, 0.4) is 0 Å². The van der Waals surface area contributed by atoms with E-state index in [1.54, 1.807) is 0 Å². The van der Waals surface area contributed by atoms with Gasteiger partial charge in [0, 0.05) is 24.4 Å². The maximum atomic E-state index is 12.5. The van der Waals surface area contributed by atoms with Crippen molar-refractivity contribution in [3.8, 4) is 11.5 Å². The first-order chi connectivity index (χ1) is 12.7. The lowest BCUT2D eigenvalue weighted by atomic mass is 10.2. The van der Waals surface area contributed by atoms with Gasteiger partial charge in [-0.3, -0.25) is 4.79 Å². The van der Waals surface area contributed by atoms with Gasteiger partial charge in [0.05, 0.1) is 24.5 Å². The average molecular weight is 348 g/mol. The Morgan fingerprint density at radius 3 is 2.62 bits per heavy atom. The number of amides is 1. The molecule has 0 saturated heterocycles. The number of rotatable bonds is 5. The Balaban J connectivity index is 1.75. The van der Waals surface area contributed by atoms with Crippen molar-refractivity contribution in [2.75, 3.05) is 0 Å². The van der Waals surface area contributed by atoms with Crippen LogP contribution in [0, 0.1) is 6.92 Å². The van der Waals surface area contributed by atoms with Crippen molar-refractivity contribution >= 4 is 5.91 Å². The minimum atomic E-state index is 0.228. The highest BCUT2D eigenvalue weighted by Crippen LogP contribution is 2.31. The van der Waals surface area contributed by atoms with E-state index in [0.29, 0.717) is 19.5 Å². The van der Waals surface area contributed by atoms with Gasteiger partial charge >= 0.3 is 0 Å². The highest BCUT2D eigenvalue weighted by atomic mass is 16.2. The Morgan fingerprint density at radius 2 is 1.88 bits per heavy atom. The summed E-state index contributed by atoms with van der Waals surface area (Å²) in [7, 11) is 0. The summed E-state index contributed by atoms with van der Waals surface area (Å²) in [4.78, 5) is 14.4. The van der Waals surface area contributed by atoms with Crippen LogP contribution < -0.4 is 0 Å². The highest BCUT2D eigenvalue weighted by Gasteiger charge is 2.31. The summed E-state index contributed by atoms with van der Waals surface area (Å²) in [6.07, 6.45) is 6.68. The van der Waals surface area contributed by atoms with Crippen molar-refractivity contribution in [2.24, 2.45) is 0 Å². The molecule has 0 spiro atoms. The van der Waals surface area contributed by atoms with Crippen LogP contribution in [0.25, 0.3) is 11.5 Å². The standard InChI is InChI=1S/C21H24N4O/c1-3-4-11-20(26)24-14-17-18(15-24)22-25(19-10-6-5-9-16(19)2)21(17)23-12-7-8-13-23/h5-10,12-13H,3-4,11,14-15H2,1-2H3.